The van der Waals surface area contributed by atoms with Crippen LogP contribution in [0.5, 0.6) is 0 Å². The molecule has 4 nitrogen and oxygen atoms in total. The number of aromatic nitrogens is 1. The molecule has 0 unspecified atom stereocenters. The van der Waals surface area contributed by atoms with Gasteiger partial charge in [-0.25, -0.2) is 22.3 Å². The molecule has 1 heterocycles. The molecule has 84 valence electrons. The summed E-state index contributed by atoms with van der Waals surface area (Å²) in [5.41, 5.74) is -0.409. The number of hydrogen-bond donors (Lipinski definition) is 1. The zero-order chi connectivity index (χ0) is 11.6. The van der Waals surface area contributed by atoms with Gasteiger partial charge in [-0.15, -0.1) is 0 Å². The lowest BCUT2D eigenvalue weighted by atomic mass is 10.3. The molecule has 0 atom stereocenters. The van der Waals surface area contributed by atoms with Crippen molar-refractivity contribution in [3.63, 3.8) is 0 Å². The number of sulfonamides is 1. The first-order valence-electron chi connectivity index (χ1n) is 3.72. The van der Waals surface area contributed by atoms with Crippen LogP contribution < -0.4 is 5.14 Å². The molecule has 0 saturated carbocycles. The van der Waals surface area contributed by atoms with Crippen molar-refractivity contribution in [3.05, 3.63) is 23.5 Å². The summed E-state index contributed by atoms with van der Waals surface area (Å²) in [6.07, 6.45) is -2.83. The lowest BCUT2D eigenvalue weighted by Crippen LogP contribution is -2.13. The van der Waals surface area contributed by atoms with E-state index in [-0.39, 0.29) is 15.9 Å². The van der Waals surface area contributed by atoms with Gasteiger partial charge in [-0.05, 0) is 12.1 Å². The van der Waals surface area contributed by atoms with Crippen molar-refractivity contribution in [1.29, 1.82) is 0 Å². The molecule has 1 aromatic heterocycles. The van der Waals surface area contributed by atoms with Gasteiger partial charge in [0.15, 0.2) is 0 Å². The van der Waals surface area contributed by atoms with Gasteiger partial charge in [0.2, 0.25) is 10.0 Å². The monoisotopic (exact) mass is 300 g/mol. The van der Waals surface area contributed by atoms with Crippen LogP contribution >= 0.6 is 15.9 Å². The van der Waals surface area contributed by atoms with E-state index in [0.717, 1.165) is 12.1 Å². The fourth-order valence-electron chi connectivity index (χ4n) is 0.927. The molecule has 0 bridgehead atoms. The Morgan fingerprint density at radius 1 is 1.47 bits per heavy atom. The van der Waals surface area contributed by atoms with Crippen LogP contribution in [0.2, 0.25) is 0 Å². The summed E-state index contributed by atoms with van der Waals surface area (Å²) in [4.78, 5) is 3.19. The lowest BCUT2D eigenvalue weighted by molar-refractivity contribution is 0.145. The van der Waals surface area contributed by atoms with Crippen LogP contribution in [-0.4, -0.2) is 13.4 Å². The predicted octanol–water partition coefficient (Wildman–Crippen LogP) is 1.56. The largest absolute Gasteiger partial charge is 0.280 e. The Morgan fingerprint density at radius 3 is 2.47 bits per heavy atom. The fourth-order valence-corrected chi connectivity index (χ4v) is 1.80. The first-order valence-corrected chi connectivity index (χ1v) is 6.39. The van der Waals surface area contributed by atoms with E-state index >= 15 is 0 Å². The van der Waals surface area contributed by atoms with Crippen molar-refractivity contribution in [1.82, 2.24) is 4.98 Å². The molecular weight excluding hydrogens is 294 g/mol. The van der Waals surface area contributed by atoms with Crippen LogP contribution in [0.1, 0.15) is 17.8 Å². The highest BCUT2D eigenvalue weighted by Crippen LogP contribution is 2.21. The van der Waals surface area contributed by atoms with Gasteiger partial charge in [0.05, 0.1) is 10.6 Å². The summed E-state index contributed by atoms with van der Waals surface area (Å²) in [7, 11) is -3.99. The van der Waals surface area contributed by atoms with Gasteiger partial charge in [-0.1, -0.05) is 15.9 Å². The number of hydrogen-bond acceptors (Lipinski definition) is 3. The molecule has 0 spiro atoms. The molecule has 0 radical (unpaired) electrons. The number of halogens is 3. The number of pyridine rings is 1. The molecule has 0 aliphatic carbocycles. The van der Waals surface area contributed by atoms with Crippen molar-refractivity contribution in [2.24, 2.45) is 5.14 Å². The molecular formula is C7H7BrF2N2O2S. The molecule has 1 aromatic rings. The van der Waals surface area contributed by atoms with E-state index in [4.69, 9.17) is 5.14 Å². The number of primary sulfonamides is 1. The maximum Gasteiger partial charge on any atom is 0.280 e. The first-order chi connectivity index (χ1) is 6.84. The molecule has 0 fully saturated rings. The lowest BCUT2D eigenvalue weighted by Gasteiger charge is -2.05. The SMILES string of the molecule is NS(=O)(=O)c1cc(CBr)nc(C(F)F)c1. The van der Waals surface area contributed by atoms with Crippen LogP contribution in [0.25, 0.3) is 0 Å². The van der Waals surface area contributed by atoms with E-state index in [2.05, 4.69) is 20.9 Å². The number of nitrogens with two attached hydrogens (primary N) is 1. The summed E-state index contributed by atoms with van der Waals surface area (Å²) < 4.78 is 46.6. The van der Waals surface area contributed by atoms with Crippen LogP contribution in [0.15, 0.2) is 17.0 Å². The minimum atomic E-state index is -3.99. The third kappa shape index (κ3) is 3.18. The van der Waals surface area contributed by atoms with Gasteiger partial charge < -0.3 is 0 Å². The zero-order valence-electron chi connectivity index (χ0n) is 7.32. The number of rotatable bonds is 3. The van der Waals surface area contributed by atoms with E-state index < -0.39 is 22.1 Å². The second-order valence-electron chi connectivity index (χ2n) is 2.70. The molecule has 8 heteroatoms. The molecule has 2 N–H and O–H groups in total. The second-order valence-corrected chi connectivity index (χ2v) is 4.82. The Bertz CT molecular complexity index is 464. The first kappa shape index (κ1) is 12.5. The predicted molar refractivity (Wildman–Crippen MR) is 53.2 cm³/mol. The van der Waals surface area contributed by atoms with Crippen molar-refractivity contribution >= 4 is 26.0 Å². The summed E-state index contributed by atoms with van der Waals surface area (Å²) in [6.45, 7) is 0. The van der Waals surface area contributed by atoms with E-state index in [1.54, 1.807) is 0 Å². The molecule has 0 aromatic carbocycles. The quantitative estimate of drug-likeness (QED) is 0.861. The summed E-state index contributed by atoms with van der Waals surface area (Å²) >= 11 is 3.00. The third-order valence-electron chi connectivity index (χ3n) is 1.56. The standard InChI is InChI=1S/C7H7BrF2N2O2S/c8-3-4-1-5(15(11,13)14)2-6(12-4)7(9)10/h1-2,7H,3H2,(H2,11,13,14). The smallest absolute Gasteiger partial charge is 0.251 e. The van der Waals surface area contributed by atoms with E-state index in [1.165, 1.54) is 0 Å². The Kier molecular flexibility index (Phi) is 3.74. The third-order valence-corrected chi connectivity index (χ3v) is 3.03. The molecule has 1 rings (SSSR count). The van der Waals surface area contributed by atoms with Gasteiger partial charge in [0, 0.05) is 5.33 Å². The maximum atomic E-state index is 12.3. The fraction of sp³-hybridized carbons (Fsp3) is 0.286. The van der Waals surface area contributed by atoms with Gasteiger partial charge in [-0.2, -0.15) is 0 Å². The molecule has 0 saturated heterocycles. The van der Waals surface area contributed by atoms with E-state index in [0.29, 0.717) is 0 Å². The zero-order valence-corrected chi connectivity index (χ0v) is 9.72. The van der Waals surface area contributed by atoms with E-state index in [1.807, 2.05) is 0 Å². The van der Waals surface area contributed by atoms with Crippen molar-refractivity contribution in [2.45, 2.75) is 16.7 Å². The molecule has 0 aliphatic rings. The van der Waals surface area contributed by atoms with Crippen LogP contribution in [0.3, 0.4) is 0 Å². The average Bonchev–Trinajstić information content (AvgIpc) is 2.15. The maximum absolute atomic E-state index is 12.3. The molecule has 0 amide bonds. The van der Waals surface area contributed by atoms with Crippen molar-refractivity contribution in [2.75, 3.05) is 0 Å². The van der Waals surface area contributed by atoms with Crippen LogP contribution in [0, 0.1) is 0 Å². The molecule has 15 heavy (non-hydrogen) atoms. The van der Waals surface area contributed by atoms with Crippen molar-refractivity contribution < 1.29 is 17.2 Å². The second kappa shape index (κ2) is 4.50. The summed E-state index contributed by atoms with van der Waals surface area (Å²) in [5, 5.41) is 5.01. The highest BCUT2D eigenvalue weighted by molar-refractivity contribution is 9.08. The summed E-state index contributed by atoms with van der Waals surface area (Å²) in [6, 6.07) is 1.92. The Hall–Kier alpha value is -0.600. The Labute approximate surface area is 93.7 Å². The van der Waals surface area contributed by atoms with Crippen LogP contribution in [0.4, 0.5) is 8.78 Å². The van der Waals surface area contributed by atoms with Crippen molar-refractivity contribution in [3.8, 4) is 0 Å². The van der Waals surface area contributed by atoms with Gasteiger partial charge in [0.25, 0.3) is 6.43 Å². The molecule has 0 aliphatic heterocycles. The number of alkyl halides is 3. The minimum Gasteiger partial charge on any atom is -0.251 e. The van der Waals surface area contributed by atoms with Gasteiger partial charge >= 0.3 is 0 Å². The highest BCUT2D eigenvalue weighted by atomic mass is 79.9. The Balaban J connectivity index is 3.36. The Morgan fingerprint density at radius 2 is 2.07 bits per heavy atom. The van der Waals surface area contributed by atoms with Gasteiger partial charge in [0.1, 0.15) is 5.69 Å². The van der Waals surface area contributed by atoms with Gasteiger partial charge in [-0.3, -0.25) is 4.98 Å². The average molecular weight is 301 g/mol. The summed E-state index contributed by atoms with van der Waals surface area (Å²) in [5.74, 6) is 0. The minimum absolute atomic E-state index is 0.177. The normalized spacial score (nSPS) is 12.1. The highest BCUT2D eigenvalue weighted by Gasteiger charge is 2.16. The number of nitrogens with zero attached hydrogens (tertiary/aromatic N) is 1. The topological polar surface area (TPSA) is 73.1 Å². The van der Waals surface area contributed by atoms with Crippen LogP contribution in [-0.2, 0) is 15.4 Å². The van der Waals surface area contributed by atoms with E-state index in [9.17, 15) is 17.2 Å².